The Labute approximate surface area is 132 Å². The fourth-order valence-corrected chi connectivity index (χ4v) is 2.65. The number of benzene rings is 2. The molecule has 2 aromatic rings. The van der Waals surface area contributed by atoms with Crippen LogP contribution >= 0.6 is 11.6 Å². The van der Waals surface area contributed by atoms with Gasteiger partial charge in [-0.25, -0.2) is 0 Å². The zero-order chi connectivity index (χ0) is 15.4. The molecule has 0 amide bonds. The molecule has 0 aliphatic carbocycles. The topological polar surface area (TPSA) is 23.5 Å². The SMILES string of the molecule is CCN(Cc1ccc(Cl)cc1)Cc1cc(C)c(O)c(C)c1. The van der Waals surface area contributed by atoms with Gasteiger partial charge in [-0.2, -0.15) is 0 Å². The highest BCUT2D eigenvalue weighted by Crippen LogP contribution is 2.24. The number of aryl methyl sites for hydroxylation is 2. The Morgan fingerprint density at radius 2 is 1.48 bits per heavy atom. The van der Waals surface area contributed by atoms with Crippen LogP contribution in [-0.4, -0.2) is 16.6 Å². The molecule has 0 radical (unpaired) electrons. The smallest absolute Gasteiger partial charge is 0.121 e. The first-order valence-corrected chi connectivity index (χ1v) is 7.63. The van der Waals surface area contributed by atoms with Gasteiger partial charge in [0.25, 0.3) is 0 Å². The molecule has 0 aromatic heterocycles. The summed E-state index contributed by atoms with van der Waals surface area (Å²) in [6.07, 6.45) is 0. The Morgan fingerprint density at radius 1 is 0.952 bits per heavy atom. The van der Waals surface area contributed by atoms with Crippen LogP contribution in [0.3, 0.4) is 0 Å². The molecule has 112 valence electrons. The fourth-order valence-electron chi connectivity index (χ4n) is 2.52. The number of halogens is 1. The van der Waals surface area contributed by atoms with Gasteiger partial charge in [0, 0.05) is 18.1 Å². The lowest BCUT2D eigenvalue weighted by molar-refractivity contribution is 0.271. The molecule has 0 unspecified atom stereocenters. The van der Waals surface area contributed by atoms with Gasteiger partial charge in [0.1, 0.15) is 5.75 Å². The summed E-state index contributed by atoms with van der Waals surface area (Å²) >= 11 is 5.92. The maximum absolute atomic E-state index is 9.86. The molecule has 0 spiro atoms. The van der Waals surface area contributed by atoms with Crippen LogP contribution in [0.15, 0.2) is 36.4 Å². The van der Waals surface area contributed by atoms with Crippen molar-refractivity contribution in [2.24, 2.45) is 0 Å². The molecule has 2 rings (SSSR count). The normalized spacial score (nSPS) is 11.1. The predicted molar refractivity (Wildman–Crippen MR) is 88.8 cm³/mol. The highest BCUT2D eigenvalue weighted by atomic mass is 35.5. The predicted octanol–water partition coefficient (Wildman–Crippen LogP) is 4.68. The average Bonchev–Trinajstić information content (AvgIpc) is 2.46. The van der Waals surface area contributed by atoms with Gasteiger partial charge in [0.05, 0.1) is 0 Å². The molecule has 0 bridgehead atoms. The van der Waals surface area contributed by atoms with E-state index in [9.17, 15) is 5.11 Å². The van der Waals surface area contributed by atoms with Crippen LogP contribution in [0.25, 0.3) is 0 Å². The minimum atomic E-state index is 0.402. The van der Waals surface area contributed by atoms with Gasteiger partial charge in [-0.15, -0.1) is 0 Å². The van der Waals surface area contributed by atoms with E-state index in [1.54, 1.807) is 0 Å². The molecule has 0 aliphatic rings. The molecular formula is C18H22ClNO. The Morgan fingerprint density at radius 3 is 2.00 bits per heavy atom. The summed E-state index contributed by atoms with van der Waals surface area (Å²) < 4.78 is 0. The van der Waals surface area contributed by atoms with Crippen molar-refractivity contribution in [3.63, 3.8) is 0 Å². The first kappa shape index (κ1) is 15.9. The molecular weight excluding hydrogens is 282 g/mol. The second-order valence-electron chi connectivity index (χ2n) is 5.51. The Bertz CT molecular complexity index is 584. The van der Waals surface area contributed by atoms with Gasteiger partial charge in [0.15, 0.2) is 0 Å². The standard InChI is InChI=1S/C18H22ClNO/c1-4-20(11-15-5-7-17(19)8-6-15)12-16-9-13(2)18(21)14(3)10-16/h5-10,21H,4,11-12H2,1-3H3. The summed E-state index contributed by atoms with van der Waals surface area (Å²) in [4.78, 5) is 2.37. The van der Waals surface area contributed by atoms with Crippen molar-refractivity contribution >= 4 is 11.6 Å². The van der Waals surface area contributed by atoms with Gasteiger partial charge in [-0.3, -0.25) is 4.90 Å². The van der Waals surface area contributed by atoms with E-state index in [2.05, 4.69) is 36.1 Å². The summed E-state index contributed by atoms with van der Waals surface area (Å²) in [7, 11) is 0. The van der Waals surface area contributed by atoms with Crippen molar-refractivity contribution in [1.82, 2.24) is 4.90 Å². The summed E-state index contributed by atoms with van der Waals surface area (Å²) in [6, 6.07) is 12.1. The third-order valence-electron chi connectivity index (χ3n) is 3.72. The van der Waals surface area contributed by atoms with Gasteiger partial charge in [0.2, 0.25) is 0 Å². The van der Waals surface area contributed by atoms with Crippen molar-refractivity contribution in [2.75, 3.05) is 6.54 Å². The van der Waals surface area contributed by atoms with E-state index in [0.717, 1.165) is 35.8 Å². The zero-order valence-electron chi connectivity index (χ0n) is 12.9. The molecule has 2 aromatic carbocycles. The van der Waals surface area contributed by atoms with E-state index >= 15 is 0 Å². The first-order chi connectivity index (χ1) is 9.99. The number of hydrogen-bond acceptors (Lipinski definition) is 2. The second kappa shape index (κ2) is 6.97. The number of rotatable bonds is 5. The molecule has 0 atom stereocenters. The van der Waals surface area contributed by atoms with Crippen LogP contribution in [0.4, 0.5) is 0 Å². The van der Waals surface area contributed by atoms with Gasteiger partial charge < -0.3 is 5.11 Å². The lowest BCUT2D eigenvalue weighted by Gasteiger charge is -2.21. The third-order valence-corrected chi connectivity index (χ3v) is 3.98. The minimum absolute atomic E-state index is 0.402. The Balaban J connectivity index is 2.10. The highest BCUT2D eigenvalue weighted by molar-refractivity contribution is 6.30. The van der Waals surface area contributed by atoms with Crippen molar-refractivity contribution in [2.45, 2.75) is 33.9 Å². The van der Waals surface area contributed by atoms with Crippen LogP contribution in [0.1, 0.15) is 29.2 Å². The molecule has 1 N–H and O–H groups in total. The summed E-state index contributed by atoms with van der Waals surface area (Å²) in [6.45, 7) is 8.80. The maximum atomic E-state index is 9.86. The molecule has 21 heavy (non-hydrogen) atoms. The van der Waals surface area contributed by atoms with Crippen LogP contribution in [0.5, 0.6) is 5.75 Å². The van der Waals surface area contributed by atoms with Crippen molar-refractivity contribution < 1.29 is 5.11 Å². The van der Waals surface area contributed by atoms with Crippen LogP contribution in [-0.2, 0) is 13.1 Å². The van der Waals surface area contributed by atoms with E-state index < -0.39 is 0 Å². The maximum Gasteiger partial charge on any atom is 0.121 e. The van der Waals surface area contributed by atoms with Gasteiger partial charge in [-0.05, 0) is 54.8 Å². The number of phenols is 1. The zero-order valence-corrected chi connectivity index (χ0v) is 13.6. The molecule has 0 saturated carbocycles. The fraction of sp³-hybridized carbons (Fsp3) is 0.333. The van der Waals surface area contributed by atoms with E-state index in [4.69, 9.17) is 11.6 Å². The summed E-state index contributed by atoms with van der Waals surface area (Å²) in [5, 5.41) is 10.6. The second-order valence-corrected chi connectivity index (χ2v) is 5.94. The number of phenolic OH excluding ortho intramolecular Hbond substituents is 1. The summed E-state index contributed by atoms with van der Waals surface area (Å²) in [5.41, 5.74) is 4.37. The molecule has 0 heterocycles. The van der Waals surface area contributed by atoms with Crippen LogP contribution < -0.4 is 0 Å². The Kier molecular flexibility index (Phi) is 5.27. The third kappa shape index (κ3) is 4.23. The van der Waals surface area contributed by atoms with Crippen molar-refractivity contribution in [1.29, 1.82) is 0 Å². The van der Waals surface area contributed by atoms with E-state index in [0.29, 0.717) is 5.75 Å². The molecule has 3 heteroatoms. The van der Waals surface area contributed by atoms with Crippen molar-refractivity contribution in [3.8, 4) is 5.75 Å². The number of aromatic hydroxyl groups is 1. The minimum Gasteiger partial charge on any atom is -0.507 e. The monoisotopic (exact) mass is 303 g/mol. The summed E-state index contributed by atoms with van der Waals surface area (Å²) in [5.74, 6) is 0.402. The highest BCUT2D eigenvalue weighted by Gasteiger charge is 2.08. The number of hydrogen-bond donors (Lipinski definition) is 1. The van der Waals surface area contributed by atoms with Crippen LogP contribution in [0, 0.1) is 13.8 Å². The first-order valence-electron chi connectivity index (χ1n) is 7.25. The Hall–Kier alpha value is -1.51. The largest absolute Gasteiger partial charge is 0.507 e. The van der Waals surface area contributed by atoms with Crippen LogP contribution in [0.2, 0.25) is 5.02 Å². The van der Waals surface area contributed by atoms with E-state index in [-0.39, 0.29) is 0 Å². The molecule has 0 fully saturated rings. The lowest BCUT2D eigenvalue weighted by atomic mass is 10.1. The molecule has 2 nitrogen and oxygen atoms in total. The van der Waals surface area contributed by atoms with Gasteiger partial charge in [-0.1, -0.05) is 42.8 Å². The molecule has 0 saturated heterocycles. The lowest BCUT2D eigenvalue weighted by Crippen LogP contribution is -2.22. The van der Waals surface area contributed by atoms with Gasteiger partial charge >= 0.3 is 0 Å². The van der Waals surface area contributed by atoms with E-state index in [1.807, 2.05) is 26.0 Å². The van der Waals surface area contributed by atoms with E-state index in [1.165, 1.54) is 11.1 Å². The average molecular weight is 304 g/mol. The van der Waals surface area contributed by atoms with Crippen molar-refractivity contribution in [3.05, 3.63) is 63.7 Å². The number of nitrogens with zero attached hydrogens (tertiary/aromatic N) is 1. The molecule has 0 aliphatic heterocycles. The quantitative estimate of drug-likeness (QED) is 0.866.